The monoisotopic (exact) mass is 355 g/mol. The van der Waals surface area contributed by atoms with E-state index in [-0.39, 0.29) is 12.5 Å². The van der Waals surface area contributed by atoms with Gasteiger partial charge in [0.25, 0.3) is 0 Å². The van der Waals surface area contributed by atoms with E-state index < -0.39 is 0 Å². The maximum Gasteiger partial charge on any atom is 0.320 e. The van der Waals surface area contributed by atoms with Gasteiger partial charge in [0.2, 0.25) is 0 Å². The van der Waals surface area contributed by atoms with E-state index in [2.05, 4.69) is 18.7 Å². The largest absolute Gasteiger partial charge is 0.489 e. The molecule has 0 aliphatic carbocycles. The SMILES string of the molecule is CCOC(=O)CN(Cc1cc(Cl)c2c(c1)OCCCO2)CC(C)C. The molecule has 0 saturated carbocycles. The minimum absolute atomic E-state index is 0.210. The lowest BCUT2D eigenvalue weighted by Crippen LogP contribution is -2.33. The average Bonchev–Trinajstić information content (AvgIpc) is 2.72. The molecule has 1 heterocycles. The van der Waals surface area contributed by atoms with Crippen LogP contribution in [-0.2, 0) is 16.1 Å². The highest BCUT2D eigenvalue weighted by molar-refractivity contribution is 6.32. The molecule has 134 valence electrons. The van der Waals surface area contributed by atoms with Crippen molar-refractivity contribution in [2.45, 2.75) is 33.7 Å². The van der Waals surface area contributed by atoms with Crippen LogP contribution < -0.4 is 9.47 Å². The van der Waals surface area contributed by atoms with Gasteiger partial charge in [-0.05, 0) is 30.5 Å². The molecule has 0 bridgehead atoms. The fraction of sp³-hybridized carbons (Fsp3) is 0.611. The third-order valence-corrected chi connectivity index (χ3v) is 3.83. The van der Waals surface area contributed by atoms with Crippen LogP contribution in [0.4, 0.5) is 0 Å². The summed E-state index contributed by atoms with van der Waals surface area (Å²) < 4.78 is 16.5. The zero-order valence-corrected chi connectivity index (χ0v) is 15.4. The molecule has 0 unspecified atom stereocenters. The van der Waals surface area contributed by atoms with Crippen LogP contribution in [0.1, 0.15) is 32.8 Å². The van der Waals surface area contributed by atoms with Gasteiger partial charge in [0.15, 0.2) is 11.5 Å². The lowest BCUT2D eigenvalue weighted by Gasteiger charge is -2.24. The highest BCUT2D eigenvalue weighted by Gasteiger charge is 2.18. The van der Waals surface area contributed by atoms with Gasteiger partial charge in [0.1, 0.15) is 0 Å². The van der Waals surface area contributed by atoms with E-state index in [0.717, 1.165) is 18.5 Å². The summed E-state index contributed by atoms with van der Waals surface area (Å²) in [6, 6.07) is 3.83. The third kappa shape index (κ3) is 5.56. The summed E-state index contributed by atoms with van der Waals surface area (Å²) in [5.41, 5.74) is 0.995. The number of hydrogen-bond acceptors (Lipinski definition) is 5. The Morgan fingerprint density at radius 2 is 2.08 bits per heavy atom. The maximum atomic E-state index is 11.8. The fourth-order valence-electron chi connectivity index (χ4n) is 2.72. The average molecular weight is 356 g/mol. The van der Waals surface area contributed by atoms with Crippen molar-refractivity contribution in [3.63, 3.8) is 0 Å². The van der Waals surface area contributed by atoms with E-state index in [1.165, 1.54) is 0 Å². The van der Waals surface area contributed by atoms with Crippen molar-refractivity contribution in [2.75, 3.05) is 32.9 Å². The number of fused-ring (bicyclic) bond motifs is 1. The molecule has 0 saturated heterocycles. The van der Waals surface area contributed by atoms with E-state index >= 15 is 0 Å². The van der Waals surface area contributed by atoms with Crippen LogP contribution in [0.2, 0.25) is 5.02 Å². The predicted molar refractivity (Wildman–Crippen MR) is 93.8 cm³/mol. The zero-order valence-electron chi connectivity index (χ0n) is 14.6. The number of nitrogens with zero attached hydrogens (tertiary/aromatic N) is 1. The summed E-state index contributed by atoms with van der Waals surface area (Å²) >= 11 is 6.35. The molecule has 6 heteroatoms. The second-order valence-corrected chi connectivity index (χ2v) is 6.73. The van der Waals surface area contributed by atoms with Crippen LogP contribution in [0.5, 0.6) is 11.5 Å². The molecule has 0 spiro atoms. The van der Waals surface area contributed by atoms with Crippen LogP contribution >= 0.6 is 11.6 Å². The molecule has 0 atom stereocenters. The lowest BCUT2D eigenvalue weighted by atomic mass is 10.1. The van der Waals surface area contributed by atoms with Gasteiger partial charge in [0, 0.05) is 19.5 Å². The van der Waals surface area contributed by atoms with E-state index in [1.54, 1.807) is 0 Å². The maximum absolute atomic E-state index is 11.8. The highest BCUT2D eigenvalue weighted by Crippen LogP contribution is 2.38. The minimum Gasteiger partial charge on any atom is -0.489 e. The number of hydrogen-bond donors (Lipinski definition) is 0. The van der Waals surface area contributed by atoms with Gasteiger partial charge >= 0.3 is 5.97 Å². The summed E-state index contributed by atoms with van der Waals surface area (Å²) in [4.78, 5) is 13.9. The Kier molecular flexibility index (Phi) is 7.18. The normalized spacial score (nSPS) is 13.9. The first kappa shape index (κ1) is 18.9. The summed E-state index contributed by atoms with van der Waals surface area (Å²) in [5, 5.41) is 0.546. The predicted octanol–water partition coefficient (Wildman–Crippen LogP) is 3.52. The first-order valence-corrected chi connectivity index (χ1v) is 8.83. The first-order valence-electron chi connectivity index (χ1n) is 8.45. The zero-order chi connectivity index (χ0) is 17.5. The van der Waals surface area contributed by atoms with Crippen LogP contribution in [0, 0.1) is 5.92 Å². The van der Waals surface area contributed by atoms with Gasteiger partial charge in [-0.25, -0.2) is 0 Å². The molecular formula is C18H26ClNO4. The number of carbonyl (C=O) groups is 1. The minimum atomic E-state index is -0.210. The fourth-order valence-corrected chi connectivity index (χ4v) is 3.01. The van der Waals surface area contributed by atoms with Crippen molar-refractivity contribution < 1.29 is 19.0 Å². The van der Waals surface area contributed by atoms with Crippen LogP contribution in [0.25, 0.3) is 0 Å². The Hall–Kier alpha value is -1.46. The number of carbonyl (C=O) groups excluding carboxylic acids is 1. The molecular weight excluding hydrogens is 330 g/mol. The van der Waals surface area contributed by atoms with Crippen LogP contribution in [0.15, 0.2) is 12.1 Å². The molecule has 2 rings (SSSR count). The topological polar surface area (TPSA) is 48.0 Å². The molecule has 0 radical (unpaired) electrons. The quantitative estimate of drug-likeness (QED) is 0.700. The summed E-state index contributed by atoms with van der Waals surface area (Å²) in [7, 11) is 0. The van der Waals surface area contributed by atoms with Gasteiger partial charge in [-0.2, -0.15) is 0 Å². The summed E-state index contributed by atoms with van der Waals surface area (Å²) in [6.45, 7) is 9.34. The number of halogens is 1. The molecule has 0 fully saturated rings. The Balaban J connectivity index is 2.14. The second-order valence-electron chi connectivity index (χ2n) is 6.32. The molecule has 0 amide bonds. The molecule has 24 heavy (non-hydrogen) atoms. The molecule has 0 N–H and O–H groups in total. The molecule has 5 nitrogen and oxygen atoms in total. The Morgan fingerprint density at radius 3 is 2.79 bits per heavy atom. The molecule has 1 aromatic carbocycles. The smallest absolute Gasteiger partial charge is 0.320 e. The van der Waals surface area contributed by atoms with Gasteiger partial charge in [-0.3, -0.25) is 9.69 Å². The van der Waals surface area contributed by atoms with Crippen LogP contribution in [0.3, 0.4) is 0 Å². The number of benzene rings is 1. The Labute approximate surface area is 148 Å². The Morgan fingerprint density at radius 1 is 1.33 bits per heavy atom. The highest BCUT2D eigenvalue weighted by atomic mass is 35.5. The van der Waals surface area contributed by atoms with E-state index in [1.807, 2.05) is 19.1 Å². The van der Waals surface area contributed by atoms with Crippen molar-refractivity contribution in [1.82, 2.24) is 4.90 Å². The van der Waals surface area contributed by atoms with Gasteiger partial charge < -0.3 is 14.2 Å². The Bertz CT molecular complexity index is 562. The summed E-state index contributed by atoms with van der Waals surface area (Å²) in [6.07, 6.45) is 0.836. The van der Waals surface area contributed by atoms with E-state index in [4.69, 9.17) is 25.8 Å². The van der Waals surface area contributed by atoms with Crippen molar-refractivity contribution in [3.8, 4) is 11.5 Å². The molecule has 1 aliphatic rings. The lowest BCUT2D eigenvalue weighted by molar-refractivity contribution is -0.144. The third-order valence-electron chi connectivity index (χ3n) is 3.55. The van der Waals surface area contributed by atoms with E-state index in [0.29, 0.717) is 48.8 Å². The van der Waals surface area contributed by atoms with Gasteiger partial charge in [0.05, 0.1) is 31.4 Å². The number of ether oxygens (including phenoxy) is 3. The van der Waals surface area contributed by atoms with Gasteiger partial charge in [-0.15, -0.1) is 0 Å². The number of rotatable bonds is 7. The van der Waals surface area contributed by atoms with E-state index in [9.17, 15) is 4.79 Å². The standard InChI is InChI=1S/C18H26ClNO4/c1-4-22-17(21)12-20(10-13(2)3)11-14-8-15(19)18-16(9-14)23-6-5-7-24-18/h8-9,13H,4-7,10-12H2,1-3H3. The second kappa shape index (κ2) is 9.14. The van der Waals surface area contributed by atoms with Crippen molar-refractivity contribution >= 4 is 17.6 Å². The van der Waals surface area contributed by atoms with Crippen molar-refractivity contribution in [1.29, 1.82) is 0 Å². The molecule has 1 aliphatic heterocycles. The van der Waals surface area contributed by atoms with Crippen LogP contribution in [-0.4, -0.2) is 43.8 Å². The first-order chi connectivity index (χ1) is 11.5. The van der Waals surface area contributed by atoms with Crippen molar-refractivity contribution in [3.05, 3.63) is 22.7 Å². The summed E-state index contributed by atoms with van der Waals surface area (Å²) in [5.74, 6) is 1.52. The molecule has 0 aromatic heterocycles. The molecule has 1 aromatic rings. The number of esters is 1. The van der Waals surface area contributed by atoms with Gasteiger partial charge in [-0.1, -0.05) is 25.4 Å². The van der Waals surface area contributed by atoms with Crippen molar-refractivity contribution in [2.24, 2.45) is 5.92 Å².